The van der Waals surface area contributed by atoms with Crippen molar-refractivity contribution in [3.8, 4) is 11.5 Å². The van der Waals surface area contributed by atoms with Gasteiger partial charge in [0.15, 0.2) is 0 Å². The zero-order chi connectivity index (χ0) is 23.7. The van der Waals surface area contributed by atoms with Crippen LogP contribution in [0, 0.1) is 13.8 Å². The Morgan fingerprint density at radius 3 is 2.03 bits per heavy atom. The first-order valence-corrected chi connectivity index (χ1v) is 10.7. The van der Waals surface area contributed by atoms with Crippen molar-refractivity contribution in [3.05, 3.63) is 88.1 Å². The molecule has 3 aromatic carbocycles. The number of nitrogens with one attached hydrogen (secondary N) is 1. The Bertz CT molecular complexity index is 1280. The van der Waals surface area contributed by atoms with Crippen molar-refractivity contribution in [1.29, 1.82) is 0 Å². The van der Waals surface area contributed by atoms with Gasteiger partial charge in [0.2, 0.25) is 0 Å². The van der Waals surface area contributed by atoms with E-state index in [0.29, 0.717) is 33.5 Å². The van der Waals surface area contributed by atoms with E-state index in [9.17, 15) is 9.59 Å². The molecule has 1 aliphatic rings. The van der Waals surface area contributed by atoms with Crippen molar-refractivity contribution in [1.82, 2.24) is 0 Å². The van der Waals surface area contributed by atoms with Crippen molar-refractivity contribution >= 4 is 40.4 Å². The van der Waals surface area contributed by atoms with E-state index < -0.39 is 11.8 Å². The summed E-state index contributed by atoms with van der Waals surface area (Å²) >= 11 is 6.06. The first kappa shape index (κ1) is 22.4. The zero-order valence-electron chi connectivity index (χ0n) is 18.7. The lowest BCUT2D eigenvalue weighted by Gasteiger charge is -2.19. The van der Waals surface area contributed by atoms with Gasteiger partial charge in [0.25, 0.3) is 11.8 Å². The van der Waals surface area contributed by atoms with Crippen LogP contribution in [0.2, 0.25) is 5.02 Å². The minimum absolute atomic E-state index is 0.148. The van der Waals surface area contributed by atoms with Gasteiger partial charge in [0, 0.05) is 5.02 Å². The van der Waals surface area contributed by atoms with Gasteiger partial charge in [-0.1, -0.05) is 35.9 Å². The Hall–Kier alpha value is -3.77. The van der Waals surface area contributed by atoms with Gasteiger partial charge in [0.05, 0.1) is 31.2 Å². The highest BCUT2D eigenvalue weighted by molar-refractivity contribution is 6.46. The maximum absolute atomic E-state index is 13.7. The van der Waals surface area contributed by atoms with Gasteiger partial charge >= 0.3 is 0 Å². The first-order valence-electron chi connectivity index (χ1n) is 10.3. The maximum Gasteiger partial charge on any atom is 0.282 e. The summed E-state index contributed by atoms with van der Waals surface area (Å²) in [7, 11) is 3.05. The lowest BCUT2D eigenvalue weighted by molar-refractivity contribution is -0.120. The lowest BCUT2D eigenvalue weighted by Crippen LogP contribution is -2.32. The molecule has 1 heterocycles. The highest BCUT2D eigenvalue weighted by atomic mass is 35.5. The molecule has 0 saturated heterocycles. The van der Waals surface area contributed by atoms with Crippen LogP contribution in [0.15, 0.2) is 66.4 Å². The molecule has 0 fully saturated rings. The standard InChI is InChI=1S/C26H23ClN2O4/c1-15-5-11-21(32-3)19(13-15)28-24-23(17-7-9-18(27)10-8-17)25(30)29(26(24)31)20-14-16(2)6-12-22(20)33-4/h5-14,28H,1-4H3. The molecule has 1 N–H and O–H groups in total. The fraction of sp³-hybridized carbons (Fsp3) is 0.154. The van der Waals surface area contributed by atoms with Gasteiger partial charge in [-0.05, 0) is 66.9 Å². The van der Waals surface area contributed by atoms with Crippen LogP contribution in [-0.4, -0.2) is 26.0 Å². The van der Waals surface area contributed by atoms with E-state index in [4.69, 9.17) is 21.1 Å². The van der Waals surface area contributed by atoms with E-state index in [-0.39, 0.29) is 11.3 Å². The average molecular weight is 463 g/mol. The van der Waals surface area contributed by atoms with Gasteiger partial charge in [-0.3, -0.25) is 9.59 Å². The molecule has 168 valence electrons. The van der Waals surface area contributed by atoms with Gasteiger partial charge in [-0.25, -0.2) is 4.90 Å². The van der Waals surface area contributed by atoms with Crippen molar-refractivity contribution in [2.75, 3.05) is 24.4 Å². The quantitative estimate of drug-likeness (QED) is 0.499. The third-order valence-corrected chi connectivity index (χ3v) is 5.66. The summed E-state index contributed by atoms with van der Waals surface area (Å²) in [6, 6.07) is 17.7. The van der Waals surface area contributed by atoms with Crippen molar-refractivity contribution in [2.45, 2.75) is 13.8 Å². The SMILES string of the molecule is COc1ccc(C)cc1NC1=C(c2ccc(Cl)cc2)C(=O)N(c2cc(C)ccc2OC)C1=O. The minimum Gasteiger partial charge on any atom is -0.495 e. The second kappa shape index (κ2) is 9.00. The Morgan fingerprint density at radius 1 is 0.788 bits per heavy atom. The number of hydrogen-bond acceptors (Lipinski definition) is 5. The molecule has 0 saturated carbocycles. The van der Waals surface area contributed by atoms with Crippen LogP contribution in [0.3, 0.4) is 0 Å². The molecule has 3 aromatic rings. The molecule has 7 heteroatoms. The Morgan fingerprint density at radius 2 is 1.39 bits per heavy atom. The third-order valence-electron chi connectivity index (χ3n) is 5.41. The average Bonchev–Trinajstić information content (AvgIpc) is 3.04. The molecule has 0 spiro atoms. The number of benzene rings is 3. The molecule has 0 aromatic heterocycles. The van der Waals surface area contributed by atoms with E-state index in [1.807, 2.05) is 38.1 Å². The number of nitrogens with zero attached hydrogens (tertiary/aromatic N) is 1. The summed E-state index contributed by atoms with van der Waals surface area (Å²) in [5.41, 5.74) is 3.78. The molecule has 33 heavy (non-hydrogen) atoms. The van der Waals surface area contributed by atoms with E-state index in [1.165, 1.54) is 7.11 Å². The normalized spacial score (nSPS) is 13.5. The molecule has 1 aliphatic heterocycles. The molecule has 6 nitrogen and oxygen atoms in total. The molecule has 0 bridgehead atoms. The zero-order valence-corrected chi connectivity index (χ0v) is 19.5. The number of imide groups is 1. The Labute approximate surface area is 197 Å². The lowest BCUT2D eigenvalue weighted by atomic mass is 10.0. The largest absolute Gasteiger partial charge is 0.495 e. The predicted octanol–water partition coefficient (Wildman–Crippen LogP) is 5.37. The number of hydrogen-bond donors (Lipinski definition) is 1. The minimum atomic E-state index is -0.489. The van der Waals surface area contributed by atoms with Crippen LogP contribution < -0.4 is 19.7 Å². The summed E-state index contributed by atoms with van der Waals surface area (Å²) in [6.07, 6.45) is 0. The van der Waals surface area contributed by atoms with E-state index in [2.05, 4.69) is 5.32 Å². The van der Waals surface area contributed by atoms with Crippen LogP contribution in [0.4, 0.5) is 11.4 Å². The molecule has 4 rings (SSSR count). The molecule has 2 amide bonds. The molecular weight excluding hydrogens is 440 g/mol. The Kier molecular flexibility index (Phi) is 6.11. The number of ether oxygens (including phenoxy) is 2. The smallest absolute Gasteiger partial charge is 0.282 e. The molecule has 0 unspecified atom stereocenters. The summed E-state index contributed by atoms with van der Waals surface area (Å²) in [5.74, 6) is 0.0280. The van der Waals surface area contributed by atoms with Crippen LogP contribution in [0.1, 0.15) is 16.7 Å². The summed E-state index contributed by atoms with van der Waals surface area (Å²) in [5, 5.41) is 3.70. The monoisotopic (exact) mass is 462 g/mol. The number of anilines is 2. The third kappa shape index (κ3) is 4.17. The topological polar surface area (TPSA) is 67.9 Å². The number of carbonyl (C=O) groups excluding carboxylic acids is 2. The van der Waals surface area contributed by atoms with Crippen LogP contribution in [0.5, 0.6) is 11.5 Å². The summed E-state index contributed by atoms with van der Waals surface area (Å²) < 4.78 is 10.9. The predicted molar refractivity (Wildman–Crippen MR) is 130 cm³/mol. The second-order valence-corrected chi connectivity index (χ2v) is 8.14. The molecule has 0 atom stereocenters. The maximum atomic E-state index is 13.7. The first-order chi connectivity index (χ1) is 15.8. The van der Waals surface area contributed by atoms with E-state index in [1.54, 1.807) is 43.5 Å². The van der Waals surface area contributed by atoms with Crippen LogP contribution >= 0.6 is 11.6 Å². The van der Waals surface area contributed by atoms with Gasteiger partial charge < -0.3 is 14.8 Å². The molecule has 0 radical (unpaired) electrons. The highest BCUT2D eigenvalue weighted by Gasteiger charge is 2.41. The number of carbonyl (C=O) groups is 2. The summed E-state index contributed by atoms with van der Waals surface area (Å²) in [4.78, 5) is 28.5. The summed E-state index contributed by atoms with van der Waals surface area (Å²) in [6.45, 7) is 3.82. The number of halogens is 1. The fourth-order valence-corrected chi connectivity index (χ4v) is 3.90. The van der Waals surface area contributed by atoms with Gasteiger partial charge in [-0.2, -0.15) is 0 Å². The number of amides is 2. The van der Waals surface area contributed by atoms with Crippen LogP contribution in [-0.2, 0) is 9.59 Å². The molecular formula is C26H23ClN2O4. The highest BCUT2D eigenvalue weighted by Crippen LogP contribution is 2.39. The second-order valence-electron chi connectivity index (χ2n) is 7.71. The van der Waals surface area contributed by atoms with Crippen molar-refractivity contribution in [2.24, 2.45) is 0 Å². The van der Waals surface area contributed by atoms with Crippen molar-refractivity contribution in [3.63, 3.8) is 0 Å². The molecule has 0 aliphatic carbocycles. The number of methoxy groups -OCH3 is 2. The Balaban J connectivity index is 1.89. The van der Waals surface area contributed by atoms with Crippen LogP contribution in [0.25, 0.3) is 5.57 Å². The van der Waals surface area contributed by atoms with E-state index >= 15 is 0 Å². The van der Waals surface area contributed by atoms with Gasteiger partial charge in [-0.15, -0.1) is 0 Å². The number of aryl methyl sites for hydroxylation is 2. The van der Waals surface area contributed by atoms with E-state index in [0.717, 1.165) is 16.0 Å². The number of rotatable bonds is 6. The van der Waals surface area contributed by atoms with Crippen molar-refractivity contribution < 1.29 is 19.1 Å². The van der Waals surface area contributed by atoms with Gasteiger partial charge in [0.1, 0.15) is 17.2 Å². The fourth-order valence-electron chi connectivity index (χ4n) is 3.78.